The third kappa shape index (κ3) is 11.9. The Labute approximate surface area is 294 Å². The molecule has 6 rings (SSSR count). The van der Waals surface area contributed by atoms with Crippen LogP contribution in [0.2, 0.25) is 0 Å². The quantitative estimate of drug-likeness (QED) is 0.139. The summed E-state index contributed by atoms with van der Waals surface area (Å²) < 4.78 is 39.2. The van der Waals surface area contributed by atoms with E-state index >= 15 is 0 Å². The monoisotopic (exact) mass is 710 g/mol. The molecule has 0 unspecified atom stereocenters. The number of H-pyrrole nitrogens is 2. The second-order valence-corrected chi connectivity index (χ2v) is 12.8. The first kappa shape index (κ1) is 37.4. The Balaban J connectivity index is 0.000000199. The molecule has 2 amide bonds. The normalized spacial score (nSPS) is 15.3. The number of aromatic amines is 2. The molecule has 0 bridgehead atoms. The molecule has 4 N–H and O–H groups in total. The largest absolute Gasteiger partial charge is 0.321 e. The minimum absolute atomic E-state index is 0.0533. The van der Waals surface area contributed by atoms with Crippen molar-refractivity contribution in [3.8, 4) is 22.5 Å². The first-order valence-corrected chi connectivity index (χ1v) is 17.5. The average molecular weight is 711 g/mol. The van der Waals surface area contributed by atoms with Crippen LogP contribution >= 0.6 is 0 Å². The van der Waals surface area contributed by atoms with E-state index in [4.69, 9.17) is 0 Å². The topological polar surface area (TPSA) is 157 Å². The number of hydrogen-bond acceptors (Lipinski definition) is 8. The van der Waals surface area contributed by atoms with E-state index in [1.165, 1.54) is 50.7 Å². The maximum atomic E-state index is 13.2. The van der Waals surface area contributed by atoms with Gasteiger partial charge in [0.1, 0.15) is 5.82 Å². The van der Waals surface area contributed by atoms with Crippen molar-refractivity contribution < 1.29 is 22.8 Å². The first-order valence-electron chi connectivity index (χ1n) is 17.5. The average Bonchev–Trinajstić information content (AvgIpc) is 3.80. The van der Waals surface area contributed by atoms with Gasteiger partial charge in [0.15, 0.2) is 11.6 Å². The van der Waals surface area contributed by atoms with Gasteiger partial charge >= 0.3 is 6.55 Å². The molecule has 51 heavy (non-hydrogen) atoms. The van der Waals surface area contributed by atoms with Gasteiger partial charge in [-0.1, -0.05) is 12.8 Å². The van der Waals surface area contributed by atoms with Crippen molar-refractivity contribution in [2.24, 2.45) is 0 Å². The van der Waals surface area contributed by atoms with Crippen LogP contribution in [0.15, 0.2) is 53.7 Å². The van der Waals surface area contributed by atoms with Crippen molar-refractivity contribution in [3.05, 3.63) is 65.1 Å². The summed E-state index contributed by atoms with van der Waals surface area (Å²) >= 11 is 0. The molecule has 13 nitrogen and oxygen atoms in total. The zero-order chi connectivity index (χ0) is 36.0. The SMILES string of the molecule is O=C(CCCN1CCCCC1)Nc1cc(-c2ccc(=O)n(C(F)F)c2)[nH]n1.O=C(CCCN1CCCCC1)Nc1cc(-c2cncc(F)c2)[nH]n1. The summed E-state index contributed by atoms with van der Waals surface area (Å²) in [4.78, 5) is 44.1. The number of carbonyl (C=O) groups is 2. The van der Waals surface area contributed by atoms with E-state index in [1.54, 1.807) is 18.3 Å². The lowest BCUT2D eigenvalue weighted by Crippen LogP contribution is -2.31. The number of alkyl halides is 2. The van der Waals surface area contributed by atoms with Crippen LogP contribution in [-0.2, 0) is 9.59 Å². The van der Waals surface area contributed by atoms with E-state index in [2.05, 4.69) is 45.8 Å². The number of aromatic nitrogens is 6. The van der Waals surface area contributed by atoms with Crippen molar-refractivity contribution in [1.82, 2.24) is 39.7 Å². The number of hydrogen-bond donors (Lipinski definition) is 4. The molecule has 2 aliphatic rings. The molecule has 2 aliphatic heterocycles. The summed E-state index contributed by atoms with van der Waals surface area (Å²) in [6.07, 6.45) is 13.8. The molecule has 0 aromatic carbocycles. The number of likely N-dealkylation sites (tertiary alicyclic amines) is 2. The van der Waals surface area contributed by atoms with E-state index < -0.39 is 17.9 Å². The number of rotatable bonds is 13. The van der Waals surface area contributed by atoms with Gasteiger partial charge in [0.05, 0.1) is 17.6 Å². The maximum Gasteiger partial charge on any atom is 0.321 e. The molecule has 0 aliphatic carbocycles. The summed E-state index contributed by atoms with van der Waals surface area (Å²) in [5, 5.41) is 19.0. The molecule has 2 saturated heterocycles. The van der Waals surface area contributed by atoms with Crippen molar-refractivity contribution in [3.63, 3.8) is 0 Å². The lowest BCUT2D eigenvalue weighted by molar-refractivity contribution is -0.117. The van der Waals surface area contributed by atoms with Gasteiger partial charge in [-0.25, -0.2) is 4.39 Å². The minimum Gasteiger partial charge on any atom is -0.309 e. The van der Waals surface area contributed by atoms with Gasteiger partial charge in [-0.2, -0.15) is 19.0 Å². The molecule has 274 valence electrons. The van der Waals surface area contributed by atoms with Gasteiger partial charge in [-0.3, -0.25) is 34.1 Å². The highest BCUT2D eigenvalue weighted by molar-refractivity contribution is 5.90. The Morgan fingerprint density at radius 2 is 1.27 bits per heavy atom. The van der Waals surface area contributed by atoms with Gasteiger partial charge in [0.2, 0.25) is 11.8 Å². The van der Waals surface area contributed by atoms with Crippen molar-refractivity contribution in [2.75, 3.05) is 49.9 Å². The highest BCUT2D eigenvalue weighted by Gasteiger charge is 2.15. The van der Waals surface area contributed by atoms with Crippen molar-refractivity contribution in [2.45, 2.75) is 70.8 Å². The second kappa shape index (κ2) is 19.0. The molecule has 0 spiro atoms. The van der Waals surface area contributed by atoms with Crippen LogP contribution in [0.4, 0.5) is 24.8 Å². The molecule has 0 radical (unpaired) electrons. The predicted molar refractivity (Wildman–Crippen MR) is 188 cm³/mol. The molecule has 4 aromatic heterocycles. The lowest BCUT2D eigenvalue weighted by Gasteiger charge is -2.26. The van der Waals surface area contributed by atoms with Crippen molar-refractivity contribution >= 4 is 23.5 Å². The van der Waals surface area contributed by atoms with Gasteiger partial charge in [0, 0.05) is 54.6 Å². The Bertz CT molecular complexity index is 1760. The Hall–Kier alpha value is -4.83. The zero-order valence-electron chi connectivity index (χ0n) is 28.6. The second-order valence-electron chi connectivity index (χ2n) is 12.8. The Morgan fingerprint density at radius 1 is 0.745 bits per heavy atom. The zero-order valence-corrected chi connectivity index (χ0v) is 28.6. The highest BCUT2D eigenvalue weighted by atomic mass is 19.3. The number of nitrogens with one attached hydrogen (secondary N) is 4. The molecular weight excluding hydrogens is 665 g/mol. The van der Waals surface area contributed by atoms with Gasteiger partial charge in [-0.15, -0.1) is 0 Å². The Morgan fingerprint density at radius 3 is 1.78 bits per heavy atom. The van der Waals surface area contributed by atoms with Crippen LogP contribution in [0, 0.1) is 5.82 Å². The predicted octanol–water partition coefficient (Wildman–Crippen LogP) is 5.65. The number of pyridine rings is 2. The molecule has 0 saturated carbocycles. The van der Waals surface area contributed by atoms with Gasteiger partial charge < -0.3 is 20.4 Å². The van der Waals surface area contributed by atoms with Crippen LogP contribution < -0.4 is 16.2 Å². The van der Waals surface area contributed by atoms with E-state index in [1.807, 2.05) is 0 Å². The lowest BCUT2D eigenvalue weighted by atomic mass is 10.1. The third-order valence-electron chi connectivity index (χ3n) is 8.82. The van der Waals surface area contributed by atoms with E-state index in [9.17, 15) is 27.6 Å². The van der Waals surface area contributed by atoms with Crippen LogP contribution in [0.5, 0.6) is 0 Å². The van der Waals surface area contributed by atoms with E-state index in [-0.39, 0.29) is 11.8 Å². The summed E-state index contributed by atoms with van der Waals surface area (Å²) in [7, 11) is 0. The first-order chi connectivity index (χ1) is 24.7. The number of halogens is 3. The standard InChI is InChI=1S/C18H23F2N5O2.C17H22FN5O/c19-18(20)25-12-13(6-7-17(25)27)14-11-15(23-22-14)21-16(26)5-4-10-24-8-2-1-3-9-24;18-14-9-13(11-19-12-14)15-10-16(22-21-15)20-17(24)5-4-8-23-6-2-1-3-7-23/h6-7,11-12,18H,1-5,8-10H2,(H2,21,22,23,26);9-12H,1-8H2,(H2,20,21,22,24). The van der Waals surface area contributed by atoms with Gasteiger partial charge in [0.25, 0.3) is 5.56 Å². The van der Waals surface area contributed by atoms with E-state index in [0.717, 1.165) is 70.6 Å². The minimum atomic E-state index is -2.92. The number of amides is 2. The fourth-order valence-corrected chi connectivity index (χ4v) is 6.15. The molecule has 2 fully saturated rings. The highest BCUT2D eigenvalue weighted by Crippen LogP contribution is 2.21. The fraction of sp³-hybridized carbons (Fsp3) is 0.486. The number of carbonyl (C=O) groups excluding carboxylic acids is 2. The van der Waals surface area contributed by atoms with Crippen LogP contribution in [-0.4, -0.2) is 90.8 Å². The van der Waals surface area contributed by atoms with Crippen LogP contribution in [0.25, 0.3) is 22.5 Å². The number of piperidine rings is 2. The molecule has 16 heteroatoms. The molecule has 4 aromatic rings. The van der Waals surface area contributed by atoms with Gasteiger partial charge in [-0.05, 0) is 89.9 Å². The van der Waals surface area contributed by atoms with E-state index in [0.29, 0.717) is 51.6 Å². The molecular formula is C35H45F3N10O3. The van der Waals surface area contributed by atoms with Crippen LogP contribution in [0.1, 0.15) is 70.8 Å². The maximum absolute atomic E-state index is 13.2. The fourth-order valence-electron chi connectivity index (χ4n) is 6.15. The van der Waals surface area contributed by atoms with Crippen molar-refractivity contribution in [1.29, 1.82) is 0 Å². The summed E-state index contributed by atoms with van der Waals surface area (Å²) in [6, 6.07) is 7.10. The summed E-state index contributed by atoms with van der Waals surface area (Å²) in [5.74, 6) is 0.162. The third-order valence-corrected chi connectivity index (χ3v) is 8.82. The summed E-state index contributed by atoms with van der Waals surface area (Å²) in [5.41, 5.74) is 1.25. The van der Waals surface area contributed by atoms with Crippen LogP contribution in [0.3, 0.4) is 0 Å². The number of anilines is 2. The number of nitrogens with zero attached hydrogens (tertiary/aromatic N) is 6. The Kier molecular flexibility index (Phi) is 13.9. The molecule has 0 atom stereocenters. The summed E-state index contributed by atoms with van der Waals surface area (Å²) in [6.45, 7) is 3.45. The smallest absolute Gasteiger partial charge is 0.309 e. The molecule has 6 heterocycles.